The quantitative estimate of drug-likeness (QED) is 0.868. The van der Waals surface area contributed by atoms with Crippen LogP contribution in [0.15, 0.2) is 27.4 Å². The molecule has 7 heteroatoms. The van der Waals surface area contributed by atoms with Crippen LogP contribution >= 0.6 is 23.1 Å². The molecule has 0 aliphatic carbocycles. The summed E-state index contributed by atoms with van der Waals surface area (Å²) in [5, 5.41) is 8.84. The van der Waals surface area contributed by atoms with Gasteiger partial charge in [0.25, 0.3) is 0 Å². The Bertz CT molecular complexity index is 507. The number of anilines is 2. The summed E-state index contributed by atoms with van der Waals surface area (Å²) in [5.41, 5.74) is 5.98. The number of benzene rings is 1. The largest absolute Gasteiger partial charge is 0.399 e. The van der Waals surface area contributed by atoms with E-state index >= 15 is 0 Å². The van der Waals surface area contributed by atoms with Crippen LogP contribution in [-0.2, 0) is 0 Å². The van der Waals surface area contributed by atoms with Gasteiger partial charge in [0.05, 0.1) is 0 Å². The molecule has 1 heterocycles. The van der Waals surface area contributed by atoms with Crippen LogP contribution in [0.1, 0.15) is 0 Å². The molecule has 0 radical (unpaired) electrons. The lowest BCUT2D eigenvalue weighted by atomic mass is 10.3. The molecule has 0 atom stereocenters. The Morgan fingerprint density at radius 1 is 1.29 bits per heavy atom. The van der Waals surface area contributed by atoms with Crippen molar-refractivity contribution in [1.29, 1.82) is 0 Å². The third-order valence-corrected chi connectivity index (χ3v) is 3.99. The summed E-state index contributed by atoms with van der Waals surface area (Å²) in [6, 6.07) is 4.43. The van der Waals surface area contributed by atoms with Crippen molar-refractivity contribution in [3.8, 4) is 0 Å². The molecule has 1 aromatic heterocycles. The minimum absolute atomic E-state index is 0.343. The van der Waals surface area contributed by atoms with Crippen LogP contribution in [0.2, 0.25) is 0 Å². The highest BCUT2D eigenvalue weighted by Gasteiger charge is 2.08. The van der Waals surface area contributed by atoms with E-state index in [1.807, 2.05) is 19.0 Å². The van der Waals surface area contributed by atoms with Gasteiger partial charge in [-0.15, -0.1) is 10.2 Å². The zero-order chi connectivity index (χ0) is 12.4. The first kappa shape index (κ1) is 12.1. The lowest BCUT2D eigenvalue weighted by Gasteiger charge is -2.03. The van der Waals surface area contributed by atoms with Crippen LogP contribution in [0.4, 0.5) is 15.2 Å². The fourth-order valence-electron chi connectivity index (χ4n) is 1.17. The van der Waals surface area contributed by atoms with Gasteiger partial charge in [0.1, 0.15) is 5.82 Å². The van der Waals surface area contributed by atoms with Gasteiger partial charge in [-0.05, 0) is 18.2 Å². The zero-order valence-electron chi connectivity index (χ0n) is 9.35. The Morgan fingerprint density at radius 3 is 2.65 bits per heavy atom. The van der Waals surface area contributed by atoms with E-state index in [1.165, 1.54) is 35.2 Å². The molecule has 0 fully saturated rings. The summed E-state index contributed by atoms with van der Waals surface area (Å²) in [4.78, 5) is 2.60. The van der Waals surface area contributed by atoms with Crippen molar-refractivity contribution in [2.45, 2.75) is 9.24 Å². The smallest absolute Gasteiger partial charge is 0.208 e. The number of halogens is 1. The maximum absolute atomic E-state index is 13.1. The van der Waals surface area contributed by atoms with E-state index in [0.717, 1.165) is 14.4 Å². The topological polar surface area (TPSA) is 55.0 Å². The molecule has 0 bridgehead atoms. The highest BCUT2D eigenvalue weighted by atomic mass is 32.2. The summed E-state index contributed by atoms with van der Waals surface area (Å²) in [7, 11) is 3.80. The molecule has 0 unspecified atom stereocenters. The molecule has 90 valence electrons. The van der Waals surface area contributed by atoms with Crippen molar-refractivity contribution < 1.29 is 4.39 Å². The fraction of sp³-hybridized carbons (Fsp3) is 0.200. The van der Waals surface area contributed by atoms with Crippen LogP contribution in [0.3, 0.4) is 0 Å². The van der Waals surface area contributed by atoms with Gasteiger partial charge in [-0.1, -0.05) is 23.1 Å². The van der Waals surface area contributed by atoms with Crippen molar-refractivity contribution in [3.63, 3.8) is 0 Å². The molecule has 0 saturated heterocycles. The summed E-state index contributed by atoms with van der Waals surface area (Å²) < 4.78 is 13.9. The van der Waals surface area contributed by atoms with Gasteiger partial charge in [-0.3, -0.25) is 0 Å². The molecule has 0 aliphatic heterocycles. The van der Waals surface area contributed by atoms with Crippen molar-refractivity contribution in [1.82, 2.24) is 10.2 Å². The number of nitrogens with two attached hydrogens (primary N) is 1. The van der Waals surface area contributed by atoms with E-state index in [-0.39, 0.29) is 5.82 Å². The van der Waals surface area contributed by atoms with Gasteiger partial charge in [0.2, 0.25) is 5.13 Å². The third-order valence-electron chi connectivity index (χ3n) is 1.88. The van der Waals surface area contributed by atoms with E-state index in [4.69, 9.17) is 5.73 Å². The number of nitrogens with zero attached hydrogens (tertiary/aromatic N) is 3. The van der Waals surface area contributed by atoms with E-state index in [0.29, 0.717) is 5.69 Å². The SMILES string of the molecule is CN(C)c1nnc(Sc2cc(N)cc(F)c2)s1. The zero-order valence-corrected chi connectivity index (χ0v) is 11.0. The number of hydrogen-bond donors (Lipinski definition) is 1. The first-order valence-corrected chi connectivity index (χ1v) is 6.42. The van der Waals surface area contributed by atoms with Gasteiger partial charge in [0, 0.05) is 24.7 Å². The lowest BCUT2D eigenvalue weighted by molar-refractivity contribution is 0.625. The predicted molar refractivity (Wildman–Crippen MR) is 69.2 cm³/mol. The minimum Gasteiger partial charge on any atom is -0.399 e. The van der Waals surface area contributed by atoms with Gasteiger partial charge in [-0.25, -0.2) is 4.39 Å². The van der Waals surface area contributed by atoms with Crippen LogP contribution in [0.5, 0.6) is 0 Å². The molecule has 1 aromatic carbocycles. The van der Waals surface area contributed by atoms with E-state index in [1.54, 1.807) is 6.07 Å². The Balaban J connectivity index is 2.19. The van der Waals surface area contributed by atoms with Crippen LogP contribution in [0.25, 0.3) is 0 Å². The monoisotopic (exact) mass is 270 g/mol. The van der Waals surface area contributed by atoms with Crippen molar-refractivity contribution in [3.05, 3.63) is 24.0 Å². The average Bonchev–Trinajstić information content (AvgIpc) is 2.64. The summed E-state index contributed by atoms with van der Waals surface area (Å²) in [6.07, 6.45) is 0. The van der Waals surface area contributed by atoms with Crippen molar-refractivity contribution in [2.75, 3.05) is 24.7 Å². The van der Waals surface area contributed by atoms with Gasteiger partial charge in [-0.2, -0.15) is 0 Å². The molecule has 0 saturated carbocycles. The van der Waals surface area contributed by atoms with Crippen molar-refractivity contribution >= 4 is 33.9 Å². The maximum atomic E-state index is 13.1. The molecule has 0 spiro atoms. The van der Waals surface area contributed by atoms with Crippen LogP contribution < -0.4 is 10.6 Å². The Morgan fingerprint density at radius 2 is 2.06 bits per heavy atom. The van der Waals surface area contributed by atoms with E-state index in [2.05, 4.69) is 10.2 Å². The van der Waals surface area contributed by atoms with E-state index in [9.17, 15) is 4.39 Å². The van der Waals surface area contributed by atoms with Gasteiger partial charge >= 0.3 is 0 Å². The van der Waals surface area contributed by atoms with Crippen molar-refractivity contribution in [2.24, 2.45) is 0 Å². The van der Waals surface area contributed by atoms with Crippen LogP contribution in [-0.4, -0.2) is 24.3 Å². The Kier molecular flexibility index (Phi) is 3.49. The molecule has 4 nitrogen and oxygen atoms in total. The first-order valence-electron chi connectivity index (χ1n) is 4.79. The van der Waals surface area contributed by atoms with Gasteiger partial charge < -0.3 is 10.6 Å². The van der Waals surface area contributed by atoms with E-state index < -0.39 is 0 Å². The second-order valence-electron chi connectivity index (χ2n) is 3.57. The number of aromatic nitrogens is 2. The van der Waals surface area contributed by atoms with Crippen LogP contribution in [0, 0.1) is 5.82 Å². The summed E-state index contributed by atoms with van der Waals surface area (Å²) in [6.45, 7) is 0. The standard InChI is InChI=1S/C10H11FN4S2/c1-15(2)9-13-14-10(17-9)16-8-4-6(11)3-7(12)5-8/h3-5H,12H2,1-2H3. The third kappa shape index (κ3) is 3.07. The molecule has 2 aromatic rings. The molecular weight excluding hydrogens is 259 g/mol. The molecule has 2 rings (SSSR count). The highest BCUT2D eigenvalue weighted by Crippen LogP contribution is 2.33. The minimum atomic E-state index is -0.343. The summed E-state index contributed by atoms with van der Waals surface area (Å²) >= 11 is 2.80. The summed E-state index contributed by atoms with van der Waals surface area (Å²) in [5.74, 6) is -0.343. The molecule has 0 amide bonds. The normalized spacial score (nSPS) is 10.5. The number of hydrogen-bond acceptors (Lipinski definition) is 6. The predicted octanol–water partition coefficient (Wildman–Crippen LogP) is 2.48. The Hall–Kier alpha value is -1.34. The first-order chi connectivity index (χ1) is 8.04. The molecule has 2 N–H and O–H groups in total. The van der Waals surface area contributed by atoms with Gasteiger partial charge in [0.15, 0.2) is 4.34 Å². The fourth-order valence-corrected chi connectivity index (χ4v) is 3.00. The molecule has 17 heavy (non-hydrogen) atoms. The highest BCUT2D eigenvalue weighted by molar-refractivity contribution is 8.01. The second-order valence-corrected chi connectivity index (χ2v) is 5.84. The maximum Gasteiger partial charge on any atom is 0.208 e. The lowest BCUT2D eigenvalue weighted by Crippen LogP contribution is -2.07. The molecule has 0 aliphatic rings. The Labute approximate surface area is 107 Å². The number of nitrogen functional groups attached to an aromatic ring is 1. The number of rotatable bonds is 3. The second kappa shape index (κ2) is 4.89. The average molecular weight is 270 g/mol. The molecular formula is C10H11FN4S2.